The predicted octanol–water partition coefficient (Wildman–Crippen LogP) is 3.29. The average molecular weight is 381 g/mol. The molecule has 0 bridgehead atoms. The Hall–Kier alpha value is -2.84. The van der Waals surface area contributed by atoms with Crippen molar-refractivity contribution in [2.75, 3.05) is 13.1 Å². The molecule has 1 aliphatic heterocycles. The van der Waals surface area contributed by atoms with Crippen LogP contribution in [0.4, 0.5) is 13.2 Å². The van der Waals surface area contributed by atoms with Gasteiger partial charge in [0.25, 0.3) is 5.91 Å². The molecule has 9 heteroatoms. The summed E-state index contributed by atoms with van der Waals surface area (Å²) in [5.41, 5.74) is 0.630. The van der Waals surface area contributed by atoms with E-state index in [2.05, 4.69) is 14.7 Å². The smallest absolute Gasteiger partial charge is 0.472 e. The van der Waals surface area contributed by atoms with Gasteiger partial charge >= 0.3 is 6.36 Å². The summed E-state index contributed by atoms with van der Waals surface area (Å²) < 4.78 is 47.4. The minimum atomic E-state index is -4.87. The maximum absolute atomic E-state index is 12.7. The molecule has 144 valence electrons. The molecule has 0 spiro atoms. The third-order valence-corrected chi connectivity index (χ3v) is 4.01. The normalized spacial score (nSPS) is 17.1. The molecule has 2 aromatic rings. The van der Waals surface area contributed by atoms with Crippen molar-refractivity contribution >= 4 is 5.91 Å². The molecular weight excluding hydrogens is 363 g/mol. The Morgan fingerprint density at radius 2 is 1.96 bits per heavy atom. The third-order valence-electron chi connectivity index (χ3n) is 4.01. The van der Waals surface area contributed by atoms with Crippen LogP contribution in [0.2, 0.25) is 0 Å². The van der Waals surface area contributed by atoms with Gasteiger partial charge in [0.05, 0.1) is 12.1 Å². The van der Waals surface area contributed by atoms with E-state index < -0.39 is 18.0 Å². The first-order chi connectivity index (χ1) is 12.7. The summed E-state index contributed by atoms with van der Waals surface area (Å²) in [6, 6.07) is 7.01. The molecule has 0 unspecified atom stereocenters. The number of benzene rings is 1. The zero-order chi connectivity index (χ0) is 19.6. The van der Waals surface area contributed by atoms with Crippen LogP contribution in [0.1, 0.15) is 28.3 Å². The number of aryl methyl sites for hydroxylation is 2. The number of carbonyl (C=O) groups excluding carboxylic acids is 1. The van der Waals surface area contributed by atoms with Crippen LogP contribution in [0.25, 0.3) is 0 Å². The van der Waals surface area contributed by atoms with Gasteiger partial charge < -0.3 is 14.4 Å². The van der Waals surface area contributed by atoms with Crippen molar-refractivity contribution in [3.63, 3.8) is 0 Å². The van der Waals surface area contributed by atoms with Crippen molar-refractivity contribution in [2.24, 2.45) is 0 Å². The second kappa shape index (κ2) is 7.42. The number of alkyl halides is 3. The van der Waals surface area contributed by atoms with Crippen LogP contribution in [0.15, 0.2) is 30.3 Å². The highest BCUT2D eigenvalue weighted by molar-refractivity contribution is 5.97. The number of halogens is 3. The van der Waals surface area contributed by atoms with Gasteiger partial charge in [-0.25, -0.2) is 4.98 Å². The van der Waals surface area contributed by atoms with Crippen molar-refractivity contribution in [1.82, 2.24) is 14.9 Å². The van der Waals surface area contributed by atoms with E-state index in [-0.39, 0.29) is 18.2 Å². The molecule has 1 atom stereocenters. The standard InChI is InChI=1S/C18H18F3N3O3/c1-11-9-16(23-12(2)22-11)26-13-7-8-24(10-13)17(25)14-5-3-4-6-15(14)27-18(19,20)21/h3-6,9,13H,7-8,10H2,1-2H3/t13-/m0/s1. The van der Waals surface area contributed by atoms with Crippen LogP contribution in [-0.4, -0.2) is 46.3 Å². The zero-order valence-electron chi connectivity index (χ0n) is 14.8. The van der Waals surface area contributed by atoms with Gasteiger partial charge in [-0.1, -0.05) is 12.1 Å². The van der Waals surface area contributed by atoms with Gasteiger partial charge in [-0.3, -0.25) is 4.79 Å². The Labute approximate surface area is 153 Å². The molecule has 1 aromatic heterocycles. The molecule has 0 aliphatic carbocycles. The van der Waals surface area contributed by atoms with E-state index in [1.807, 2.05) is 6.92 Å². The van der Waals surface area contributed by atoms with E-state index in [4.69, 9.17) is 4.74 Å². The lowest BCUT2D eigenvalue weighted by atomic mass is 10.2. The van der Waals surface area contributed by atoms with Crippen LogP contribution >= 0.6 is 0 Å². The van der Waals surface area contributed by atoms with E-state index >= 15 is 0 Å². The van der Waals surface area contributed by atoms with Crippen LogP contribution in [0, 0.1) is 13.8 Å². The molecule has 6 nitrogen and oxygen atoms in total. The molecule has 2 heterocycles. The lowest BCUT2D eigenvalue weighted by Gasteiger charge is -2.19. The van der Waals surface area contributed by atoms with Crippen molar-refractivity contribution in [2.45, 2.75) is 32.7 Å². The highest BCUT2D eigenvalue weighted by Gasteiger charge is 2.35. The molecular formula is C18H18F3N3O3. The molecule has 0 radical (unpaired) electrons. The number of rotatable bonds is 4. The van der Waals surface area contributed by atoms with Gasteiger partial charge in [0.2, 0.25) is 5.88 Å². The first-order valence-corrected chi connectivity index (χ1v) is 8.34. The fourth-order valence-electron chi connectivity index (χ4n) is 2.95. The summed E-state index contributed by atoms with van der Waals surface area (Å²) in [6.07, 6.45) is -4.61. The summed E-state index contributed by atoms with van der Waals surface area (Å²) in [7, 11) is 0. The van der Waals surface area contributed by atoms with E-state index in [0.29, 0.717) is 24.7 Å². The number of hydrogen-bond donors (Lipinski definition) is 0. The van der Waals surface area contributed by atoms with E-state index in [9.17, 15) is 18.0 Å². The van der Waals surface area contributed by atoms with Crippen molar-refractivity contribution in [1.29, 1.82) is 0 Å². The molecule has 1 aromatic carbocycles. The third kappa shape index (κ3) is 4.87. The maximum Gasteiger partial charge on any atom is 0.573 e. The van der Waals surface area contributed by atoms with Gasteiger partial charge in [0, 0.05) is 24.7 Å². The molecule has 1 amide bonds. The van der Waals surface area contributed by atoms with Crippen molar-refractivity contribution in [3.05, 3.63) is 47.4 Å². The summed E-state index contributed by atoms with van der Waals surface area (Å²) >= 11 is 0. The molecule has 1 fully saturated rings. The first kappa shape index (κ1) is 18.9. The van der Waals surface area contributed by atoms with Gasteiger partial charge in [-0.05, 0) is 26.0 Å². The first-order valence-electron chi connectivity index (χ1n) is 8.34. The minimum absolute atomic E-state index is 0.135. The topological polar surface area (TPSA) is 64.5 Å². The highest BCUT2D eigenvalue weighted by atomic mass is 19.4. The molecule has 1 saturated heterocycles. The molecule has 27 heavy (non-hydrogen) atoms. The number of likely N-dealkylation sites (tertiary alicyclic amines) is 1. The number of aromatic nitrogens is 2. The van der Waals surface area contributed by atoms with Gasteiger partial charge in [-0.15, -0.1) is 13.2 Å². The number of amides is 1. The minimum Gasteiger partial charge on any atom is -0.472 e. The Bertz CT molecular complexity index is 822. The summed E-state index contributed by atoms with van der Waals surface area (Å²) in [6.45, 7) is 4.19. The fourth-order valence-corrected chi connectivity index (χ4v) is 2.95. The Morgan fingerprint density at radius 3 is 2.67 bits per heavy atom. The van der Waals surface area contributed by atoms with Gasteiger partial charge in [-0.2, -0.15) is 4.98 Å². The van der Waals surface area contributed by atoms with E-state index in [1.165, 1.54) is 23.1 Å². The quantitative estimate of drug-likeness (QED) is 0.813. The van der Waals surface area contributed by atoms with E-state index in [0.717, 1.165) is 11.8 Å². The SMILES string of the molecule is Cc1cc(O[C@H]2CCN(C(=O)c3ccccc3OC(F)(F)F)C2)nc(C)n1. The van der Waals surface area contributed by atoms with Crippen molar-refractivity contribution in [3.8, 4) is 11.6 Å². The fraction of sp³-hybridized carbons (Fsp3) is 0.389. The predicted molar refractivity (Wildman–Crippen MR) is 89.6 cm³/mol. The maximum atomic E-state index is 12.7. The number of carbonyl (C=O) groups is 1. The zero-order valence-corrected chi connectivity index (χ0v) is 14.8. The summed E-state index contributed by atoms with van der Waals surface area (Å²) in [4.78, 5) is 22.5. The molecule has 1 aliphatic rings. The average Bonchev–Trinajstić information content (AvgIpc) is 3.00. The summed E-state index contributed by atoms with van der Waals surface area (Å²) in [5, 5.41) is 0. The van der Waals surface area contributed by atoms with Crippen molar-refractivity contribution < 1.29 is 27.4 Å². The molecule has 3 rings (SSSR count). The monoisotopic (exact) mass is 381 g/mol. The number of para-hydroxylation sites is 1. The van der Waals surface area contributed by atoms with Crippen LogP contribution < -0.4 is 9.47 Å². The Kier molecular flexibility index (Phi) is 5.20. The number of hydrogen-bond acceptors (Lipinski definition) is 5. The largest absolute Gasteiger partial charge is 0.573 e. The molecule has 0 saturated carbocycles. The molecule has 0 N–H and O–H groups in total. The van der Waals surface area contributed by atoms with Crippen LogP contribution in [-0.2, 0) is 0 Å². The lowest BCUT2D eigenvalue weighted by Crippen LogP contribution is -2.32. The number of ether oxygens (including phenoxy) is 2. The van der Waals surface area contributed by atoms with Gasteiger partial charge in [0.15, 0.2) is 0 Å². The Morgan fingerprint density at radius 1 is 1.22 bits per heavy atom. The summed E-state index contributed by atoms with van der Waals surface area (Å²) in [5.74, 6) is -0.0494. The number of nitrogens with zero attached hydrogens (tertiary/aromatic N) is 3. The van der Waals surface area contributed by atoms with Gasteiger partial charge in [0.1, 0.15) is 17.7 Å². The van der Waals surface area contributed by atoms with Crippen LogP contribution in [0.5, 0.6) is 11.6 Å². The van der Waals surface area contributed by atoms with Crippen LogP contribution in [0.3, 0.4) is 0 Å². The second-order valence-electron chi connectivity index (χ2n) is 6.22. The second-order valence-corrected chi connectivity index (χ2v) is 6.22. The van der Waals surface area contributed by atoms with E-state index in [1.54, 1.807) is 13.0 Å². The Balaban J connectivity index is 1.69. The lowest BCUT2D eigenvalue weighted by molar-refractivity contribution is -0.274. The highest BCUT2D eigenvalue weighted by Crippen LogP contribution is 2.28.